The minimum atomic E-state index is -1.68. The molecule has 0 aliphatic heterocycles. The summed E-state index contributed by atoms with van der Waals surface area (Å²) in [6, 6.07) is 15.8. The molecule has 0 bridgehead atoms. The summed E-state index contributed by atoms with van der Waals surface area (Å²) >= 11 is 0. The molecule has 0 aliphatic carbocycles. The summed E-state index contributed by atoms with van der Waals surface area (Å²) < 4.78 is 7.63. The van der Waals surface area contributed by atoms with Crippen LogP contribution in [0.2, 0.25) is 19.6 Å². The van der Waals surface area contributed by atoms with Crippen molar-refractivity contribution in [1.29, 1.82) is 0 Å². The van der Waals surface area contributed by atoms with Crippen LogP contribution in [0.4, 0.5) is 11.4 Å². The molecule has 1 aromatic heterocycles. The summed E-state index contributed by atoms with van der Waals surface area (Å²) in [6.07, 6.45) is 1.55. The van der Waals surface area contributed by atoms with E-state index < -0.39 is 8.32 Å². The number of rotatable bonds is 5. The fraction of sp³-hybridized carbons (Fsp3) is 0.263. The third-order valence-corrected chi connectivity index (χ3v) is 4.90. The van der Waals surface area contributed by atoms with Gasteiger partial charge in [-0.25, -0.2) is 4.98 Å². The van der Waals surface area contributed by atoms with Crippen LogP contribution in [-0.4, -0.2) is 24.6 Å². The van der Waals surface area contributed by atoms with Gasteiger partial charge in [0, 0.05) is 18.4 Å². The molecule has 0 N–H and O–H groups in total. The molecule has 6 heteroatoms. The zero-order chi connectivity index (χ0) is 18.0. The van der Waals surface area contributed by atoms with Crippen LogP contribution in [0, 0.1) is 0 Å². The Kier molecular flexibility index (Phi) is 4.74. The van der Waals surface area contributed by atoms with Gasteiger partial charge in [0.15, 0.2) is 8.32 Å². The van der Waals surface area contributed by atoms with Crippen LogP contribution in [0.1, 0.15) is 0 Å². The van der Waals surface area contributed by atoms with Crippen molar-refractivity contribution in [1.82, 2.24) is 9.55 Å². The first-order chi connectivity index (χ1) is 11.8. The molecule has 5 nitrogen and oxygen atoms in total. The molecule has 2 aromatic carbocycles. The molecule has 0 fully saturated rings. The highest BCUT2D eigenvalue weighted by Gasteiger charge is 2.18. The number of aromatic nitrogens is 2. The second-order valence-corrected chi connectivity index (χ2v) is 11.5. The van der Waals surface area contributed by atoms with Crippen molar-refractivity contribution in [2.75, 3.05) is 11.6 Å². The maximum absolute atomic E-state index is 12.4. The largest absolute Gasteiger partial charge is 0.400 e. The van der Waals surface area contributed by atoms with Crippen molar-refractivity contribution in [2.45, 2.75) is 19.6 Å². The molecule has 130 valence electrons. The Bertz CT molecular complexity index is 933. The van der Waals surface area contributed by atoms with E-state index in [1.54, 1.807) is 13.4 Å². The Balaban J connectivity index is 2.07. The van der Waals surface area contributed by atoms with Crippen molar-refractivity contribution in [3.8, 4) is 0 Å². The van der Waals surface area contributed by atoms with Crippen LogP contribution in [-0.2, 0) is 11.5 Å². The number of fused-ring (bicyclic) bond motifs is 1. The van der Waals surface area contributed by atoms with Crippen LogP contribution < -0.4 is 10.5 Å². The van der Waals surface area contributed by atoms with Gasteiger partial charge in [0.05, 0.1) is 17.2 Å². The van der Waals surface area contributed by atoms with Crippen LogP contribution in [0.5, 0.6) is 0 Å². The summed E-state index contributed by atoms with van der Waals surface area (Å²) in [5.74, 6) is 0. The second-order valence-electron chi connectivity index (χ2n) is 7.01. The third-order valence-electron chi connectivity index (χ3n) is 3.91. The quantitative estimate of drug-likeness (QED) is 0.516. The zero-order valence-corrected chi connectivity index (χ0v) is 16.1. The first kappa shape index (κ1) is 17.4. The summed E-state index contributed by atoms with van der Waals surface area (Å²) in [4.78, 5) is 18.8. The fourth-order valence-corrected chi connectivity index (χ4v) is 3.05. The second kappa shape index (κ2) is 6.82. The van der Waals surface area contributed by atoms with Crippen molar-refractivity contribution in [2.24, 2.45) is 7.05 Å². The lowest BCUT2D eigenvalue weighted by atomic mass is 10.2. The SMILES string of the molecule is Cn1cnc2ccc(N(CO[Si](C)(C)C)c3ccccc3)cc2c1=O. The molecule has 1 heterocycles. The lowest BCUT2D eigenvalue weighted by molar-refractivity contribution is 0.321. The summed E-state index contributed by atoms with van der Waals surface area (Å²) in [5.41, 5.74) is 2.60. The Morgan fingerprint density at radius 3 is 2.48 bits per heavy atom. The number of hydrogen-bond acceptors (Lipinski definition) is 4. The number of anilines is 2. The van der Waals surface area contributed by atoms with E-state index in [2.05, 4.69) is 29.5 Å². The van der Waals surface area contributed by atoms with E-state index in [1.807, 2.05) is 48.5 Å². The van der Waals surface area contributed by atoms with Crippen molar-refractivity contribution in [3.05, 3.63) is 65.2 Å². The third kappa shape index (κ3) is 3.97. The molecule has 25 heavy (non-hydrogen) atoms. The van der Waals surface area contributed by atoms with E-state index in [1.165, 1.54) is 4.57 Å². The number of aryl methyl sites for hydroxylation is 1. The Labute approximate surface area is 148 Å². The van der Waals surface area contributed by atoms with Crippen LogP contribution in [0.25, 0.3) is 10.9 Å². The number of nitrogens with zero attached hydrogens (tertiary/aromatic N) is 3. The maximum atomic E-state index is 12.4. The number of benzene rings is 2. The molecule has 3 aromatic rings. The predicted octanol–water partition coefficient (Wildman–Crippen LogP) is 3.88. The Morgan fingerprint density at radius 1 is 1.08 bits per heavy atom. The molecular formula is C19H23N3O2Si. The molecule has 0 aliphatic rings. The van der Waals surface area contributed by atoms with Gasteiger partial charge in [-0.05, 0) is 50.0 Å². The standard InChI is InChI=1S/C19H23N3O2Si/c1-21-13-20-18-11-10-16(12-17(18)19(21)23)22(14-24-25(2,3)4)15-8-6-5-7-9-15/h5-13H,14H2,1-4H3. The smallest absolute Gasteiger partial charge is 0.260 e. The average Bonchev–Trinajstić information content (AvgIpc) is 2.59. The highest BCUT2D eigenvalue weighted by atomic mass is 28.4. The highest BCUT2D eigenvalue weighted by molar-refractivity contribution is 6.69. The van der Waals surface area contributed by atoms with E-state index in [4.69, 9.17) is 4.43 Å². The van der Waals surface area contributed by atoms with Gasteiger partial charge in [0.25, 0.3) is 5.56 Å². The van der Waals surface area contributed by atoms with Crippen LogP contribution in [0.3, 0.4) is 0 Å². The first-order valence-electron chi connectivity index (χ1n) is 8.27. The van der Waals surface area contributed by atoms with Crippen LogP contribution in [0.15, 0.2) is 59.7 Å². The summed E-state index contributed by atoms with van der Waals surface area (Å²) in [5, 5.41) is 0.608. The molecule has 0 unspecified atom stereocenters. The van der Waals surface area contributed by atoms with Crippen molar-refractivity contribution in [3.63, 3.8) is 0 Å². The zero-order valence-electron chi connectivity index (χ0n) is 15.1. The highest BCUT2D eigenvalue weighted by Crippen LogP contribution is 2.27. The molecule has 0 amide bonds. The van der Waals surface area contributed by atoms with E-state index in [0.717, 1.165) is 11.4 Å². The van der Waals surface area contributed by atoms with E-state index >= 15 is 0 Å². The fourth-order valence-electron chi connectivity index (χ4n) is 2.53. The van der Waals surface area contributed by atoms with Gasteiger partial charge in [-0.15, -0.1) is 0 Å². The van der Waals surface area contributed by atoms with E-state index in [0.29, 0.717) is 17.6 Å². The molecule has 0 saturated heterocycles. The van der Waals surface area contributed by atoms with Crippen molar-refractivity contribution < 1.29 is 4.43 Å². The minimum absolute atomic E-state index is 0.0500. The lowest BCUT2D eigenvalue weighted by Crippen LogP contribution is -2.32. The van der Waals surface area contributed by atoms with Gasteiger partial charge in [-0.3, -0.25) is 4.79 Å². The number of hydrogen-bond donors (Lipinski definition) is 0. The van der Waals surface area contributed by atoms with Gasteiger partial charge < -0.3 is 13.9 Å². The molecule has 0 radical (unpaired) electrons. The van der Waals surface area contributed by atoms with E-state index in [9.17, 15) is 4.79 Å². The van der Waals surface area contributed by atoms with Gasteiger partial charge in [0.1, 0.15) is 6.73 Å². The molecule has 3 rings (SSSR count). The van der Waals surface area contributed by atoms with Crippen molar-refractivity contribution >= 4 is 30.6 Å². The molecular weight excluding hydrogens is 330 g/mol. The molecule has 0 spiro atoms. The summed E-state index contributed by atoms with van der Waals surface area (Å²) in [7, 11) is 0.0339. The van der Waals surface area contributed by atoms with E-state index in [-0.39, 0.29) is 5.56 Å². The van der Waals surface area contributed by atoms with Gasteiger partial charge >= 0.3 is 0 Å². The molecule has 0 saturated carbocycles. The molecule has 0 atom stereocenters. The Hall–Kier alpha value is -2.44. The van der Waals surface area contributed by atoms with Gasteiger partial charge in [-0.1, -0.05) is 18.2 Å². The Morgan fingerprint density at radius 2 is 1.80 bits per heavy atom. The van der Waals surface area contributed by atoms with Gasteiger partial charge in [-0.2, -0.15) is 0 Å². The average molecular weight is 353 g/mol. The monoisotopic (exact) mass is 353 g/mol. The first-order valence-corrected chi connectivity index (χ1v) is 11.7. The van der Waals surface area contributed by atoms with Gasteiger partial charge in [0.2, 0.25) is 0 Å². The maximum Gasteiger partial charge on any atom is 0.260 e. The number of para-hydroxylation sites is 1. The van der Waals surface area contributed by atoms with Crippen LogP contribution >= 0.6 is 0 Å². The summed E-state index contributed by atoms with van der Waals surface area (Å²) in [6.45, 7) is 6.94. The lowest BCUT2D eigenvalue weighted by Gasteiger charge is -2.29. The normalized spacial score (nSPS) is 11.7. The minimum Gasteiger partial charge on any atom is -0.400 e. The topological polar surface area (TPSA) is 47.4 Å². The predicted molar refractivity (Wildman–Crippen MR) is 105 cm³/mol.